The van der Waals surface area contributed by atoms with Gasteiger partial charge in [0.05, 0.1) is 0 Å². The molecule has 1 aromatic heterocycles. The second-order valence-electron chi connectivity index (χ2n) is 10.1. The minimum Gasteiger partial charge on any atom is -0.201 e. The highest BCUT2D eigenvalue weighted by Gasteiger charge is 2.18. The number of benzene rings is 8. The Hall–Kier alpha value is -4.95. The van der Waals surface area contributed by atoms with Gasteiger partial charge in [-0.25, -0.2) is 9.13 Å². The van der Waals surface area contributed by atoms with Crippen LogP contribution in [0.2, 0.25) is 0 Å². The molecule has 0 saturated carbocycles. The van der Waals surface area contributed by atoms with E-state index in [0.717, 1.165) is 0 Å². The Labute approximate surface area is 212 Å². The number of hydrogen-bond acceptors (Lipinski definition) is 0. The van der Waals surface area contributed by atoms with Crippen LogP contribution in [0.3, 0.4) is 0 Å². The third-order valence-corrected chi connectivity index (χ3v) is 8.20. The molecule has 170 valence electrons. The quantitative estimate of drug-likeness (QED) is 0.177. The van der Waals surface area contributed by atoms with Gasteiger partial charge in [0.15, 0.2) is 0 Å². The van der Waals surface area contributed by atoms with Gasteiger partial charge < -0.3 is 0 Å². The molecule has 0 bridgehead atoms. The van der Waals surface area contributed by atoms with Gasteiger partial charge in [0.1, 0.15) is 23.8 Å². The summed E-state index contributed by atoms with van der Waals surface area (Å²) in [5.74, 6) is 0. The fourth-order valence-electron chi connectivity index (χ4n) is 6.53. The van der Waals surface area contributed by atoms with E-state index >= 15 is 0 Å². The van der Waals surface area contributed by atoms with Crippen molar-refractivity contribution in [2.24, 2.45) is 0 Å². The molecule has 0 aliphatic carbocycles. The van der Waals surface area contributed by atoms with Gasteiger partial charge in [0, 0.05) is 21.5 Å². The highest BCUT2D eigenvalue weighted by Crippen LogP contribution is 2.38. The summed E-state index contributed by atoms with van der Waals surface area (Å²) in [7, 11) is 0. The van der Waals surface area contributed by atoms with Crippen LogP contribution in [0.5, 0.6) is 0 Å². The van der Waals surface area contributed by atoms with E-state index in [4.69, 9.17) is 0 Å². The Morgan fingerprint density at radius 2 is 0.919 bits per heavy atom. The minimum absolute atomic E-state index is 1.20. The summed E-state index contributed by atoms with van der Waals surface area (Å²) in [6.45, 7) is 0. The van der Waals surface area contributed by atoms with E-state index in [1.54, 1.807) is 0 Å². The van der Waals surface area contributed by atoms with Crippen molar-refractivity contribution < 1.29 is 4.57 Å². The standard InChI is InChI=1S/C35H21N2/c1-3-22-7-9-26-13-17-30(28-15-11-24(5-1)32(22)34(26)28)36-19-20-37(21-36)31-18-14-27-10-8-23-4-2-6-25-12-16-29(31)35(27)33(23)25/h1-21H/q+1. The number of nitrogens with zero attached hydrogens (tertiary/aromatic N) is 2. The van der Waals surface area contributed by atoms with Crippen molar-refractivity contribution in [3.63, 3.8) is 0 Å². The SMILES string of the molecule is c1cc2ccc3ccc(-n4cc[n+](-c5ccc6ccc7cccc8ccc5c6c78)c4)c4ccc(c1)c2c34. The highest BCUT2D eigenvalue weighted by atomic mass is 15.1. The van der Waals surface area contributed by atoms with Crippen LogP contribution in [-0.2, 0) is 0 Å². The van der Waals surface area contributed by atoms with Crippen molar-refractivity contribution >= 4 is 64.6 Å². The Kier molecular flexibility index (Phi) is 3.56. The van der Waals surface area contributed by atoms with Crippen LogP contribution in [-0.4, -0.2) is 4.57 Å². The molecule has 0 spiro atoms. The topological polar surface area (TPSA) is 8.81 Å². The molecular formula is C35H21N2+. The monoisotopic (exact) mass is 469 g/mol. The number of imidazole rings is 1. The third kappa shape index (κ3) is 2.52. The van der Waals surface area contributed by atoms with E-state index in [0.29, 0.717) is 0 Å². The first-order valence-electron chi connectivity index (χ1n) is 12.8. The van der Waals surface area contributed by atoms with Gasteiger partial charge in [-0.05, 0) is 67.4 Å². The Morgan fingerprint density at radius 3 is 1.57 bits per heavy atom. The van der Waals surface area contributed by atoms with Gasteiger partial charge in [-0.2, -0.15) is 0 Å². The average Bonchev–Trinajstić information content (AvgIpc) is 3.44. The molecule has 8 aromatic carbocycles. The lowest BCUT2D eigenvalue weighted by atomic mass is 9.93. The van der Waals surface area contributed by atoms with Gasteiger partial charge in [0.2, 0.25) is 0 Å². The summed E-state index contributed by atoms with van der Waals surface area (Å²) in [6, 6.07) is 40.2. The van der Waals surface area contributed by atoms with E-state index in [1.807, 2.05) is 0 Å². The van der Waals surface area contributed by atoms with E-state index in [1.165, 1.54) is 76.0 Å². The first-order chi connectivity index (χ1) is 18.3. The first-order valence-corrected chi connectivity index (χ1v) is 12.8. The van der Waals surface area contributed by atoms with E-state index in [2.05, 4.69) is 137 Å². The zero-order chi connectivity index (χ0) is 24.1. The van der Waals surface area contributed by atoms with Crippen LogP contribution >= 0.6 is 0 Å². The average molecular weight is 470 g/mol. The fraction of sp³-hybridized carbons (Fsp3) is 0. The lowest BCUT2D eigenvalue weighted by Crippen LogP contribution is -2.27. The Morgan fingerprint density at radius 1 is 0.432 bits per heavy atom. The molecule has 9 rings (SSSR count). The van der Waals surface area contributed by atoms with E-state index < -0.39 is 0 Å². The van der Waals surface area contributed by atoms with Crippen LogP contribution in [0.15, 0.2) is 128 Å². The van der Waals surface area contributed by atoms with Crippen LogP contribution in [0, 0.1) is 0 Å². The van der Waals surface area contributed by atoms with Gasteiger partial charge in [-0.1, -0.05) is 84.9 Å². The van der Waals surface area contributed by atoms with Crippen molar-refractivity contribution in [1.29, 1.82) is 0 Å². The van der Waals surface area contributed by atoms with Crippen molar-refractivity contribution in [3.05, 3.63) is 128 Å². The van der Waals surface area contributed by atoms with Crippen molar-refractivity contribution in [2.45, 2.75) is 0 Å². The lowest BCUT2D eigenvalue weighted by molar-refractivity contribution is -0.593. The van der Waals surface area contributed by atoms with Gasteiger partial charge in [-0.15, -0.1) is 0 Å². The molecule has 2 heteroatoms. The molecule has 1 heterocycles. The predicted molar refractivity (Wildman–Crippen MR) is 155 cm³/mol. The second-order valence-corrected chi connectivity index (χ2v) is 10.1. The van der Waals surface area contributed by atoms with Gasteiger partial charge in [0.25, 0.3) is 6.33 Å². The van der Waals surface area contributed by atoms with Crippen LogP contribution in [0.1, 0.15) is 0 Å². The summed E-state index contributed by atoms with van der Waals surface area (Å²) in [5.41, 5.74) is 2.39. The molecule has 37 heavy (non-hydrogen) atoms. The lowest BCUT2D eigenvalue weighted by Gasteiger charge is -2.12. The van der Waals surface area contributed by atoms with Gasteiger partial charge in [-0.3, -0.25) is 0 Å². The molecule has 0 unspecified atom stereocenters. The van der Waals surface area contributed by atoms with Crippen LogP contribution in [0.4, 0.5) is 0 Å². The third-order valence-electron chi connectivity index (χ3n) is 8.20. The Balaban J connectivity index is 1.28. The molecule has 0 fully saturated rings. The molecule has 9 aromatic rings. The van der Waals surface area contributed by atoms with E-state index in [9.17, 15) is 0 Å². The first kappa shape index (κ1) is 19.3. The van der Waals surface area contributed by atoms with Crippen LogP contribution < -0.4 is 4.57 Å². The minimum atomic E-state index is 1.20. The fourth-order valence-corrected chi connectivity index (χ4v) is 6.53. The molecule has 0 amide bonds. The second kappa shape index (κ2) is 6.83. The maximum Gasteiger partial charge on any atom is 0.254 e. The molecule has 0 saturated heterocycles. The number of rotatable bonds is 2. The van der Waals surface area contributed by atoms with Crippen molar-refractivity contribution in [2.75, 3.05) is 0 Å². The van der Waals surface area contributed by atoms with Gasteiger partial charge >= 0.3 is 0 Å². The Bertz CT molecular complexity index is 2110. The molecule has 2 nitrogen and oxygen atoms in total. The molecule has 0 N–H and O–H groups in total. The number of aromatic nitrogens is 2. The smallest absolute Gasteiger partial charge is 0.201 e. The zero-order valence-electron chi connectivity index (χ0n) is 20.0. The van der Waals surface area contributed by atoms with Crippen molar-refractivity contribution in [3.8, 4) is 11.4 Å². The predicted octanol–water partition coefficient (Wildman–Crippen LogP) is 8.55. The maximum atomic E-state index is 2.28. The summed E-state index contributed by atoms with van der Waals surface area (Å²) in [4.78, 5) is 0. The molecular weight excluding hydrogens is 448 g/mol. The summed E-state index contributed by atoms with van der Waals surface area (Å²) < 4.78 is 4.51. The normalized spacial score (nSPS) is 12.3. The zero-order valence-corrected chi connectivity index (χ0v) is 20.0. The molecule has 0 aliphatic rings. The maximum absolute atomic E-state index is 2.28. The van der Waals surface area contributed by atoms with E-state index in [-0.39, 0.29) is 0 Å². The van der Waals surface area contributed by atoms with Crippen LogP contribution in [0.25, 0.3) is 76.0 Å². The number of hydrogen-bond donors (Lipinski definition) is 0. The van der Waals surface area contributed by atoms with Crippen molar-refractivity contribution in [1.82, 2.24) is 4.57 Å². The highest BCUT2D eigenvalue weighted by molar-refractivity contribution is 6.25. The summed E-state index contributed by atoms with van der Waals surface area (Å²) in [6.07, 6.45) is 6.55. The molecule has 0 atom stereocenters. The molecule has 0 radical (unpaired) electrons. The molecule has 0 aliphatic heterocycles. The summed E-state index contributed by atoms with van der Waals surface area (Å²) >= 11 is 0. The summed E-state index contributed by atoms with van der Waals surface area (Å²) in [5, 5.41) is 15.7. The largest absolute Gasteiger partial charge is 0.254 e.